The van der Waals surface area contributed by atoms with Crippen molar-refractivity contribution in [2.45, 2.75) is 49.1 Å². The Morgan fingerprint density at radius 2 is 1.96 bits per heavy atom. The molecule has 1 saturated heterocycles. The normalized spacial score (nSPS) is 26.4. The summed E-state index contributed by atoms with van der Waals surface area (Å²) in [5.74, 6) is -0.0388. The number of amides is 1. The molecule has 1 N–H and O–H groups in total. The molecular weight excluding hydrogens is 370 g/mol. The first-order chi connectivity index (χ1) is 12.6. The smallest absolute Gasteiger partial charge is 0.244 e. The number of nitrogens with one attached hydrogen (secondary N) is 1. The minimum Gasteiger partial charge on any atom is -0.301 e. The van der Waals surface area contributed by atoms with Crippen LogP contribution in [0.1, 0.15) is 32.1 Å². The van der Waals surface area contributed by atoms with Gasteiger partial charge in [0.2, 0.25) is 15.9 Å². The summed E-state index contributed by atoms with van der Waals surface area (Å²) in [5.41, 5.74) is 0. The molecule has 2 fully saturated rings. The number of carbonyl (C=O) groups excluding carboxylic acids is 1. The van der Waals surface area contributed by atoms with Crippen LogP contribution >= 0.6 is 11.3 Å². The summed E-state index contributed by atoms with van der Waals surface area (Å²) >= 11 is 1.33. The fraction of sp³-hybridized carbons (Fsp3) is 0.444. The Hall–Kier alpha value is -1.77. The fourth-order valence-electron chi connectivity index (χ4n) is 4.18. The third-order valence-electron chi connectivity index (χ3n) is 5.31. The third kappa shape index (κ3) is 3.17. The molecule has 8 heteroatoms. The molecule has 138 valence electrons. The van der Waals surface area contributed by atoms with Crippen molar-refractivity contribution < 1.29 is 13.2 Å². The summed E-state index contributed by atoms with van der Waals surface area (Å²) < 4.78 is 28.2. The summed E-state index contributed by atoms with van der Waals surface area (Å²) in [5, 5.41) is 5.07. The maximum absolute atomic E-state index is 13.3. The highest BCUT2D eigenvalue weighted by Crippen LogP contribution is 2.43. The molecule has 0 bridgehead atoms. The Bertz CT molecular complexity index is 868. The van der Waals surface area contributed by atoms with E-state index in [1.165, 1.54) is 15.6 Å². The molecule has 1 saturated carbocycles. The van der Waals surface area contributed by atoms with Crippen LogP contribution in [0.4, 0.5) is 5.13 Å². The number of fused-ring (bicyclic) bond motifs is 1. The molecule has 1 aromatic heterocycles. The fourth-order valence-corrected chi connectivity index (χ4v) is 6.60. The van der Waals surface area contributed by atoms with E-state index in [0.29, 0.717) is 11.6 Å². The number of hydrogen-bond acceptors (Lipinski definition) is 5. The first kappa shape index (κ1) is 17.6. The Morgan fingerprint density at radius 3 is 2.69 bits per heavy atom. The second-order valence-electron chi connectivity index (χ2n) is 6.84. The van der Waals surface area contributed by atoms with Gasteiger partial charge in [-0.05, 0) is 37.3 Å². The van der Waals surface area contributed by atoms with E-state index in [4.69, 9.17) is 0 Å². The van der Waals surface area contributed by atoms with Gasteiger partial charge in [0.25, 0.3) is 0 Å². The van der Waals surface area contributed by atoms with Gasteiger partial charge in [-0.1, -0.05) is 31.0 Å². The number of thiazole rings is 1. The number of sulfonamides is 1. The molecule has 3 atom stereocenters. The molecule has 0 spiro atoms. The highest BCUT2D eigenvalue weighted by atomic mass is 32.2. The maximum atomic E-state index is 13.3. The van der Waals surface area contributed by atoms with Crippen LogP contribution in [-0.4, -0.2) is 35.7 Å². The van der Waals surface area contributed by atoms with Crippen LogP contribution in [0, 0.1) is 5.92 Å². The molecule has 2 aromatic rings. The van der Waals surface area contributed by atoms with E-state index in [0.717, 1.165) is 25.7 Å². The lowest BCUT2D eigenvalue weighted by Crippen LogP contribution is -2.47. The monoisotopic (exact) mass is 391 g/mol. The average Bonchev–Trinajstić information content (AvgIpc) is 3.29. The summed E-state index contributed by atoms with van der Waals surface area (Å²) in [4.78, 5) is 17.2. The van der Waals surface area contributed by atoms with E-state index < -0.39 is 16.1 Å². The van der Waals surface area contributed by atoms with Crippen LogP contribution < -0.4 is 5.32 Å². The van der Waals surface area contributed by atoms with Crippen molar-refractivity contribution in [3.05, 3.63) is 41.9 Å². The Balaban J connectivity index is 1.68. The summed E-state index contributed by atoms with van der Waals surface area (Å²) in [6, 6.07) is 7.64. The molecule has 0 radical (unpaired) electrons. The number of nitrogens with zero attached hydrogens (tertiary/aromatic N) is 2. The van der Waals surface area contributed by atoms with Gasteiger partial charge in [0.05, 0.1) is 4.90 Å². The lowest BCUT2D eigenvalue weighted by molar-refractivity contribution is -0.119. The number of carbonyl (C=O) groups is 1. The number of benzene rings is 1. The number of rotatable bonds is 4. The second-order valence-corrected chi connectivity index (χ2v) is 9.58. The zero-order chi connectivity index (χ0) is 18.1. The van der Waals surface area contributed by atoms with Crippen molar-refractivity contribution in [1.29, 1.82) is 0 Å². The van der Waals surface area contributed by atoms with Gasteiger partial charge in [0.15, 0.2) is 5.13 Å². The highest BCUT2D eigenvalue weighted by molar-refractivity contribution is 7.89. The SMILES string of the molecule is O=C(Nc1nccs1)[C@@H]1C[C@@H]2CCCC[C@@H]2N1S(=O)(=O)c1ccccc1. The molecule has 1 aromatic carbocycles. The van der Waals surface area contributed by atoms with Crippen LogP contribution in [0.15, 0.2) is 46.8 Å². The van der Waals surface area contributed by atoms with Gasteiger partial charge in [-0.2, -0.15) is 4.31 Å². The van der Waals surface area contributed by atoms with Crippen molar-refractivity contribution in [2.24, 2.45) is 5.92 Å². The van der Waals surface area contributed by atoms with Gasteiger partial charge in [-0.3, -0.25) is 4.79 Å². The van der Waals surface area contributed by atoms with E-state index in [2.05, 4.69) is 10.3 Å². The van der Waals surface area contributed by atoms with Crippen molar-refractivity contribution in [3.63, 3.8) is 0 Å². The second kappa shape index (κ2) is 7.09. The van der Waals surface area contributed by atoms with E-state index >= 15 is 0 Å². The molecule has 26 heavy (non-hydrogen) atoms. The van der Waals surface area contributed by atoms with E-state index in [9.17, 15) is 13.2 Å². The van der Waals surface area contributed by atoms with Crippen molar-refractivity contribution >= 4 is 32.4 Å². The Labute approximate surface area is 157 Å². The van der Waals surface area contributed by atoms with Crippen molar-refractivity contribution in [2.75, 3.05) is 5.32 Å². The number of aromatic nitrogens is 1. The molecule has 1 aliphatic carbocycles. The lowest BCUT2D eigenvalue weighted by Gasteiger charge is -2.32. The minimum absolute atomic E-state index is 0.0963. The first-order valence-electron chi connectivity index (χ1n) is 8.86. The topological polar surface area (TPSA) is 79.4 Å². The maximum Gasteiger partial charge on any atom is 0.244 e. The molecule has 6 nitrogen and oxygen atoms in total. The van der Waals surface area contributed by atoms with Gasteiger partial charge in [-0.25, -0.2) is 13.4 Å². The average molecular weight is 392 g/mol. The van der Waals surface area contributed by atoms with Gasteiger partial charge < -0.3 is 5.32 Å². The molecule has 2 aliphatic rings. The molecule has 1 amide bonds. The lowest BCUT2D eigenvalue weighted by atomic mass is 9.85. The van der Waals surface area contributed by atoms with Crippen LogP contribution in [0.2, 0.25) is 0 Å². The zero-order valence-electron chi connectivity index (χ0n) is 14.2. The standard InChI is InChI=1S/C18H21N3O3S2/c22-17(20-18-19-10-11-25-18)16-12-13-6-4-5-9-15(13)21(16)26(23,24)14-7-2-1-3-8-14/h1-3,7-8,10-11,13,15-16H,4-6,9,12H2,(H,19,20,22)/t13-,15-,16-/m0/s1. The predicted octanol–water partition coefficient (Wildman–Crippen LogP) is 3.10. The van der Waals surface area contributed by atoms with Crippen LogP contribution in [0.5, 0.6) is 0 Å². The summed E-state index contributed by atoms with van der Waals surface area (Å²) in [6.45, 7) is 0. The molecular formula is C18H21N3O3S2. The zero-order valence-corrected chi connectivity index (χ0v) is 15.9. The van der Waals surface area contributed by atoms with Crippen LogP contribution in [-0.2, 0) is 14.8 Å². The molecule has 2 heterocycles. The van der Waals surface area contributed by atoms with E-state index in [1.807, 2.05) is 0 Å². The predicted molar refractivity (Wildman–Crippen MR) is 100 cm³/mol. The Kier molecular flexibility index (Phi) is 4.81. The van der Waals surface area contributed by atoms with Gasteiger partial charge in [-0.15, -0.1) is 11.3 Å². The molecule has 4 rings (SSSR count). The molecule has 1 aliphatic heterocycles. The third-order valence-corrected chi connectivity index (χ3v) is 7.95. The van der Waals surface area contributed by atoms with Gasteiger partial charge >= 0.3 is 0 Å². The van der Waals surface area contributed by atoms with Gasteiger partial charge in [0, 0.05) is 17.6 Å². The van der Waals surface area contributed by atoms with E-state index in [1.54, 1.807) is 41.9 Å². The summed E-state index contributed by atoms with van der Waals surface area (Å²) in [6.07, 6.45) is 6.09. The molecule has 0 unspecified atom stereocenters. The minimum atomic E-state index is -3.73. The van der Waals surface area contributed by atoms with Crippen molar-refractivity contribution in [1.82, 2.24) is 9.29 Å². The van der Waals surface area contributed by atoms with Gasteiger partial charge in [0.1, 0.15) is 6.04 Å². The van der Waals surface area contributed by atoms with E-state index in [-0.39, 0.29) is 22.8 Å². The number of anilines is 1. The summed E-state index contributed by atoms with van der Waals surface area (Å²) in [7, 11) is -3.73. The number of hydrogen-bond donors (Lipinski definition) is 1. The first-order valence-corrected chi connectivity index (χ1v) is 11.2. The Morgan fingerprint density at radius 1 is 1.19 bits per heavy atom. The largest absolute Gasteiger partial charge is 0.301 e. The highest BCUT2D eigenvalue weighted by Gasteiger charge is 2.51. The van der Waals surface area contributed by atoms with Crippen LogP contribution in [0.25, 0.3) is 0 Å². The quantitative estimate of drug-likeness (QED) is 0.869. The van der Waals surface area contributed by atoms with Crippen LogP contribution in [0.3, 0.4) is 0 Å². The van der Waals surface area contributed by atoms with Crippen molar-refractivity contribution in [3.8, 4) is 0 Å².